The number of rotatable bonds is 3. The number of carbonyl (C=O) groups excluding carboxylic acids is 1. The highest BCUT2D eigenvalue weighted by atomic mass is 16.2. The quantitative estimate of drug-likeness (QED) is 0.693. The number of hydrogen-bond donors (Lipinski definition) is 0. The normalized spacial score (nSPS) is 13.1. The first kappa shape index (κ1) is 15.2. The Labute approximate surface area is 145 Å². The van der Waals surface area contributed by atoms with Gasteiger partial charge in [0.15, 0.2) is 0 Å². The van der Waals surface area contributed by atoms with E-state index in [1.54, 1.807) is 11.2 Å². The number of nitriles is 1. The Balaban J connectivity index is 1.79. The Hall–Kier alpha value is -3.39. The molecule has 5 heteroatoms. The number of fused-ring (bicyclic) bond motifs is 2. The molecule has 0 N–H and O–H groups in total. The Kier molecular flexibility index (Phi) is 3.40. The van der Waals surface area contributed by atoms with Gasteiger partial charge in [-0.25, -0.2) is 4.98 Å². The summed E-state index contributed by atoms with van der Waals surface area (Å²) in [6, 6.07) is 13.9. The summed E-state index contributed by atoms with van der Waals surface area (Å²) in [7, 11) is 1.97. The van der Waals surface area contributed by atoms with Crippen LogP contribution in [0.15, 0.2) is 54.9 Å². The minimum Gasteiger partial charge on any atom is -0.334 e. The van der Waals surface area contributed by atoms with Crippen molar-refractivity contribution in [2.24, 2.45) is 7.05 Å². The van der Waals surface area contributed by atoms with E-state index in [4.69, 9.17) is 5.26 Å². The summed E-state index contributed by atoms with van der Waals surface area (Å²) in [4.78, 5) is 18.6. The van der Waals surface area contributed by atoms with Gasteiger partial charge in [-0.1, -0.05) is 24.8 Å². The second-order valence-corrected chi connectivity index (χ2v) is 6.27. The van der Waals surface area contributed by atoms with E-state index in [0.717, 1.165) is 27.7 Å². The van der Waals surface area contributed by atoms with Gasteiger partial charge in [0.1, 0.15) is 0 Å². The van der Waals surface area contributed by atoms with Crippen LogP contribution < -0.4 is 0 Å². The van der Waals surface area contributed by atoms with Gasteiger partial charge in [0.2, 0.25) is 0 Å². The minimum atomic E-state index is -0.0464. The van der Waals surface area contributed by atoms with Crippen LogP contribution >= 0.6 is 0 Å². The molecule has 25 heavy (non-hydrogen) atoms. The van der Waals surface area contributed by atoms with E-state index in [1.165, 1.54) is 0 Å². The Morgan fingerprint density at radius 1 is 1.32 bits per heavy atom. The molecular weight excluding hydrogens is 312 g/mol. The first-order valence-electron chi connectivity index (χ1n) is 7.99. The van der Waals surface area contributed by atoms with Crippen molar-refractivity contribution in [2.45, 2.75) is 6.54 Å². The predicted octanol–water partition coefficient (Wildman–Crippen LogP) is 3.28. The number of aryl methyl sites for hydroxylation is 1. The molecule has 0 bridgehead atoms. The van der Waals surface area contributed by atoms with Crippen LogP contribution in [0.4, 0.5) is 0 Å². The summed E-state index contributed by atoms with van der Waals surface area (Å²) in [6.07, 6.45) is 1.79. The van der Waals surface area contributed by atoms with Crippen molar-refractivity contribution in [1.29, 1.82) is 5.26 Å². The molecule has 1 amide bonds. The predicted molar refractivity (Wildman–Crippen MR) is 95.6 cm³/mol. The van der Waals surface area contributed by atoms with E-state index >= 15 is 0 Å². The fourth-order valence-corrected chi connectivity index (χ4v) is 3.35. The van der Waals surface area contributed by atoms with E-state index in [0.29, 0.717) is 17.7 Å². The lowest BCUT2D eigenvalue weighted by Gasteiger charge is -2.14. The van der Waals surface area contributed by atoms with E-state index in [9.17, 15) is 4.79 Å². The lowest BCUT2D eigenvalue weighted by atomic mass is 9.96. The minimum absolute atomic E-state index is 0.0464. The van der Waals surface area contributed by atoms with Gasteiger partial charge in [-0.15, -0.1) is 0 Å². The van der Waals surface area contributed by atoms with Gasteiger partial charge >= 0.3 is 0 Å². The Bertz CT molecular complexity index is 1070. The molecule has 0 atom stereocenters. The van der Waals surface area contributed by atoms with Crippen LogP contribution in [0.1, 0.15) is 15.9 Å². The SMILES string of the molecule is C=C(C#N)CN1Cc2c(cccc2-c2ccc3ncn(C)c3c2)C1=O. The number of benzene rings is 2. The molecule has 0 aliphatic carbocycles. The third-order valence-electron chi connectivity index (χ3n) is 4.62. The van der Waals surface area contributed by atoms with Gasteiger partial charge in [-0.2, -0.15) is 5.26 Å². The molecule has 2 aromatic carbocycles. The average molecular weight is 328 g/mol. The molecule has 1 aliphatic heterocycles. The zero-order chi connectivity index (χ0) is 17.6. The van der Waals surface area contributed by atoms with Gasteiger partial charge in [0.05, 0.1) is 30.0 Å². The zero-order valence-corrected chi connectivity index (χ0v) is 13.9. The molecular formula is C20H16N4O. The van der Waals surface area contributed by atoms with Gasteiger partial charge in [-0.3, -0.25) is 4.79 Å². The van der Waals surface area contributed by atoms with Crippen LogP contribution in [0.25, 0.3) is 22.2 Å². The highest BCUT2D eigenvalue weighted by Crippen LogP contribution is 2.34. The summed E-state index contributed by atoms with van der Waals surface area (Å²) in [5, 5.41) is 8.94. The lowest BCUT2D eigenvalue weighted by molar-refractivity contribution is 0.0794. The standard InChI is InChI=1S/C20H16N4O/c1-13(9-21)10-24-11-17-15(4-3-5-16(17)20(24)25)14-6-7-18-19(8-14)23(2)12-22-18/h3-8,12H,1,10-11H2,2H3. The highest BCUT2D eigenvalue weighted by molar-refractivity contribution is 6.01. The zero-order valence-electron chi connectivity index (χ0n) is 13.9. The Morgan fingerprint density at radius 3 is 2.92 bits per heavy atom. The number of nitrogens with zero attached hydrogens (tertiary/aromatic N) is 4. The van der Waals surface area contributed by atoms with Crippen molar-refractivity contribution in [3.63, 3.8) is 0 Å². The fourth-order valence-electron chi connectivity index (χ4n) is 3.35. The first-order valence-corrected chi connectivity index (χ1v) is 7.99. The van der Waals surface area contributed by atoms with E-state index in [2.05, 4.69) is 17.6 Å². The first-order chi connectivity index (χ1) is 12.1. The molecule has 122 valence electrons. The van der Waals surface area contributed by atoms with Crippen molar-refractivity contribution in [3.05, 3.63) is 66.0 Å². The largest absolute Gasteiger partial charge is 0.334 e. The molecule has 0 radical (unpaired) electrons. The van der Waals surface area contributed by atoms with Crippen LogP contribution in [0, 0.1) is 11.3 Å². The van der Waals surface area contributed by atoms with E-state index < -0.39 is 0 Å². The molecule has 0 saturated carbocycles. The van der Waals surface area contributed by atoms with Crippen LogP contribution in [0.5, 0.6) is 0 Å². The van der Waals surface area contributed by atoms with Crippen LogP contribution in [0.2, 0.25) is 0 Å². The van der Waals surface area contributed by atoms with E-state index in [-0.39, 0.29) is 12.5 Å². The molecule has 3 aromatic rings. The summed E-state index contributed by atoms with van der Waals surface area (Å²) < 4.78 is 1.98. The van der Waals surface area contributed by atoms with Crippen LogP contribution in [-0.2, 0) is 13.6 Å². The van der Waals surface area contributed by atoms with Gasteiger partial charge < -0.3 is 9.47 Å². The monoisotopic (exact) mass is 328 g/mol. The van der Waals surface area contributed by atoms with Crippen molar-refractivity contribution in [3.8, 4) is 17.2 Å². The number of aromatic nitrogens is 2. The van der Waals surface area contributed by atoms with Crippen LogP contribution in [-0.4, -0.2) is 26.9 Å². The third-order valence-corrected chi connectivity index (χ3v) is 4.62. The maximum absolute atomic E-state index is 12.6. The average Bonchev–Trinajstić information content (AvgIpc) is 3.15. The second-order valence-electron chi connectivity index (χ2n) is 6.27. The molecule has 5 nitrogen and oxygen atoms in total. The van der Waals surface area contributed by atoms with Gasteiger partial charge in [-0.05, 0) is 34.9 Å². The molecule has 4 rings (SSSR count). The molecule has 2 heterocycles. The summed E-state index contributed by atoms with van der Waals surface area (Å²) in [5.74, 6) is -0.0464. The van der Waals surface area contributed by atoms with Gasteiger partial charge in [0, 0.05) is 24.7 Å². The number of imidazole rings is 1. The third kappa shape index (κ3) is 2.39. The van der Waals surface area contributed by atoms with Crippen molar-refractivity contribution in [2.75, 3.05) is 6.54 Å². The van der Waals surface area contributed by atoms with Gasteiger partial charge in [0.25, 0.3) is 5.91 Å². The van der Waals surface area contributed by atoms with Crippen LogP contribution in [0.3, 0.4) is 0 Å². The lowest BCUT2D eigenvalue weighted by Crippen LogP contribution is -2.25. The smallest absolute Gasteiger partial charge is 0.254 e. The summed E-state index contributed by atoms with van der Waals surface area (Å²) in [5.41, 5.74) is 6.18. The highest BCUT2D eigenvalue weighted by Gasteiger charge is 2.29. The maximum atomic E-state index is 12.6. The second kappa shape index (κ2) is 5.60. The molecule has 0 spiro atoms. The van der Waals surface area contributed by atoms with Crippen molar-refractivity contribution >= 4 is 16.9 Å². The molecule has 1 aliphatic rings. The maximum Gasteiger partial charge on any atom is 0.254 e. The molecule has 0 saturated heterocycles. The summed E-state index contributed by atoms with van der Waals surface area (Å²) >= 11 is 0. The molecule has 1 aromatic heterocycles. The van der Waals surface area contributed by atoms with Crippen molar-refractivity contribution < 1.29 is 4.79 Å². The fraction of sp³-hybridized carbons (Fsp3) is 0.150. The number of carbonyl (C=O) groups is 1. The topological polar surface area (TPSA) is 61.9 Å². The number of amides is 1. The molecule has 0 unspecified atom stereocenters. The Morgan fingerprint density at radius 2 is 2.12 bits per heavy atom. The number of hydrogen-bond acceptors (Lipinski definition) is 3. The molecule has 0 fully saturated rings. The van der Waals surface area contributed by atoms with E-state index in [1.807, 2.05) is 48.0 Å². The summed E-state index contributed by atoms with van der Waals surface area (Å²) in [6.45, 7) is 4.45. The van der Waals surface area contributed by atoms with Crippen molar-refractivity contribution in [1.82, 2.24) is 14.5 Å².